The SMILES string of the molecule is COc1ccc(Cl)c(-c2nc3c([nH]2)CNCC3)c1. The molecule has 2 N–H and O–H groups in total. The Labute approximate surface area is 110 Å². The number of nitrogens with one attached hydrogen (secondary N) is 2. The van der Waals surface area contributed by atoms with Crippen LogP contribution in [0.15, 0.2) is 18.2 Å². The molecule has 0 saturated carbocycles. The number of ether oxygens (including phenoxy) is 1. The van der Waals surface area contributed by atoms with Crippen molar-refractivity contribution in [3.63, 3.8) is 0 Å². The molecule has 0 spiro atoms. The summed E-state index contributed by atoms with van der Waals surface area (Å²) in [5, 5.41) is 3.99. The minimum absolute atomic E-state index is 0.676. The second-order valence-electron chi connectivity index (χ2n) is 4.28. The summed E-state index contributed by atoms with van der Waals surface area (Å²) in [7, 11) is 1.64. The predicted molar refractivity (Wildman–Crippen MR) is 71.0 cm³/mol. The molecule has 0 unspecified atom stereocenters. The van der Waals surface area contributed by atoms with Gasteiger partial charge in [-0.1, -0.05) is 11.6 Å². The molecule has 94 valence electrons. The zero-order chi connectivity index (χ0) is 12.5. The van der Waals surface area contributed by atoms with E-state index in [0.29, 0.717) is 5.02 Å². The maximum atomic E-state index is 6.22. The van der Waals surface area contributed by atoms with E-state index >= 15 is 0 Å². The molecule has 2 aromatic rings. The van der Waals surface area contributed by atoms with Crippen LogP contribution in [0.2, 0.25) is 5.02 Å². The van der Waals surface area contributed by atoms with E-state index in [9.17, 15) is 0 Å². The molecule has 1 aromatic heterocycles. The van der Waals surface area contributed by atoms with Gasteiger partial charge in [-0.15, -0.1) is 0 Å². The number of H-pyrrole nitrogens is 1. The Morgan fingerprint density at radius 1 is 1.39 bits per heavy atom. The number of aromatic amines is 1. The molecule has 0 radical (unpaired) electrons. The number of halogens is 1. The highest BCUT2D eigenvalue weighted by molar-refractivity contribution is 6.33. The highest BCUT2D eigenvalue weighted by Crippen LogP contribution is 2.30. The Bertz CT molecular complexity index is 556. The Morgan fingerprint density at radius 2 is 2.28 bits per heavy atom. The summed E-state index contributed by atoms with van der Waals surface area (Å²) in [5.74, 6) is 1.59. The van der Waals surface area contributed by atoms with Crippen LogP contribution in [-0.2, 0) is 13.0 Å². The van der Waals surface area contributed by atoms with Crippen LogP contribution in [0.1, 0.15) is 11.4 Å². The number of aromatic nitrogens is 2. The van der Waals surface area contributed by atoms with E-state index < -0.39 is 0 Å². The molecule has 0 saturated heterocycles. The molecule has 0 fully saturated rings. The number of fused-ring (bicyclic) bond motifs is 1. The van der Waals surface area contributed by atoms with E-state index in [2.05, 4.69) is 15.3 Å². The second-order valence-corrected chi connectivity index (χ2v) is 4.69. The number of imidazole rings is 1. The lowest BCUT2D eigenvalue weighted by Gasteiger charge is -2.09. The number of hydrogen-bond donors (Lipinski definition) is 2. The van der Waals surface area contributed by atoms with Gasteiger partial charge < -0.3 is 15.0 Å². The van der Waals surface area contributed by atoms with Crippen molar-refractivity contribution in [2.24, 2.45) is 0 Å². The van der Waals surface area contributed by atoms with E-state index in [1.54, 1.807) is 7.11 Å². The van der Waals surface area contributed by atoms with Crippen molar-refractivity contribution in [3.05, 3.63) is 34.6 Å². The highest BCUT2D eigenvalue weighted by atomic mass is 35.5. The zero-order valence-corrected chi connectivity index (χ0v) is 10.8. The van der Waals surface area contributed by atoms with E-state index in [1.165, 1.54) is 0 Å². The molecule has 2 heterocycles. The maximum Gasteiger partial charge on any atom is 0.139 e. The molecule has 18 heavy (non-hydrogen) atoms. The van der Waals surface area contributed by atoms with Gasteiger partial charge in [0.05, 0.1) is 23.5 Å². The monoisotopic (exact) mass is 263 g/mol. The number of rotatable bonds is 2. The smallest absolute Gasteiger partial charge is 0.139 e. The van der Waals surface area contributed by atoms with E-state index in [1.807, 2.05) is 18.2 Å². The maximum absolute atomic E-state index is 6.22. The number of nitrogens with zero attached hydrogens (tertiary/aromatic N) is 1. The van der Waals surface area contributed by atoms with Crippen molar-refractivity contribution in [1.82, 2.24) is 15.3 Å². The van der Waals surface area contributed by atoms with Crippen molar-refractivity contribution in [2.75, 3.05) is 13.7 Å². The van der Waals surface area contributed by atoms with Crippen LogP contribution in [0.25, 0.3) is 11.4 Å². The zero-order valence-electron chi connectivity index (χ0n) is 10.1. The number of hydrogen-bond acceptors (Lipinski definition) is 3. The third-order valence-electron chi connectivity index (χ3n) is 3.13. The molecule has 0 aliphatic carbocycles. The quantitative estimate of drug-likeness (QED) is 0.875. The van der Waals surface area contributed by atoms with Gasteiger partial charge in [0.2, 0.25) is 0 Å². The van der Waals surface area contributed by atoms with Gasteiger partial charge in [0.15, 0.2) is 0 Å². The first kappa shape index (κ1) is 11.6. The van der Waals surface area contributed by atoms with Gasteiger partial charge in [-0.05, 0) is 18.2 Å². The standard InChI is InChI=1S/C13H14ClN3O/c1-18-8-2-3-10(14)9(6-8)13-16-11-4-5-15-7-12(11)17-13/h2-3,6,15H,4-5,7H2,1H3,(H,16,17). The first-order valence-electron chi connectivity index (χ1n) is 5.90. The van der Waals surface area contributed by atoms with Crippen molar-refractivity contribution < 1.29 is 4.74 Å². The molecule has 3 rings (SSSR count). The van der Waals surface area contributed by atoms with Gasteiger partial charge >= 0.3 is 0 Å². The normalized spacial score (nSPS) is 14.3. The summed E-state index contributed by atoms with van der Waals surface area (Å²) >= 11 is 6.22. The summed E-state index contributed by atoms with van der Waals surface area (Å²) in [6.45, 7) is 1.81. The fourth-order valence-corrected chi connectivity index (χ4v) is 2.37. The lowest BCUT2D eigenvalue weighted by atomic mass is 10.2. The minimum atomic E-state index is 0.676. The second kappa shape index (κ2) is 4.63. The number of benzene rings is 1. The molecule has 0 amide bonds. The van der Waals surface area contributed by atoms with Crippen molar-refractivity contribution >= 4 is 11.6 Å². The molecule has 1 aliphatic heterocycles. The van der Waals surface area contributed by atoms with E-state index in [4.69, 9.17) is 16.3 Å². The third kappa shape index (κ3) is 1.98. The highest BCUT2D eigenvalue weighted by Gasteiger charge is 2.16. The Balaban J connectivity index is 2.06. The van der Waals surface area contributed by atoms with Crippen LogP contribution < -0.4 is 10.1 Å². The van der Waals surface area contributed by atoms with Gasteiger partial charge in [-0.2, -0.15) is 0 Å². The molecule has 0 bridgehead atoms. The van der Waals surface area contributed by atoms with Gasteiger partial charge in [0.25, 0.3) is 0 Å². The van der Waals surface area contributed by atoms with Gasteiger partial charge in [-0.3, -0.25) is 0 Å². The Kier molecular flexibility index (Phi) is 2.97. The van der Waals surface area contributed by atoms with Crippen molar-refractivity contribution in [3.8, 4) is 17.1 Å². The van der Waals surface area contributed by atoms with Crippen LogP contribution in [0, 0.1) is 0 Å². The molecular weight excluding hydrogens is 250 g/mol. The van der Waals surface area contributed by atoms with Gasteiger partial charge in [0.1, 0.15) is 11.6 Å². The van der Waals surface area contributed by atoms with E-state index in [-0.39, 0.29) is 0 Å². The summed E-state index contributed by atoms with van der Waals surface area (Å²) in [6.07, 6.45) is 0.952. The lowest BCUT2D eigenvalue weighted by Crippen LogP contribution is -2.23. The predicted octanol–water partition coefficient (Wildman–Crippen LogP) is 2.38. The van der Waals surface area contributed by atoms with Crippen LogP contribution in [0.4, 0.5) is 0 Å². The fraction of sp³-hybridized carbons (Fsp3) is 0.308. The van der Waals surface area contributed by atoms with E-state index in [0.717, 1.165) is 48.0 Å². The summed E-state index contributed by atoms with van der Waals surface area (Å²) in [5.41, 5.74) is 3.16. The molecule has 4 nitrogen and oxygen atoms in total. The Hall–Kier alpha value is -1.52. The molecule has 5 heteroatoms. The number of methoxy groups -OCH3 is 1. The topological polar surface area (TPSA) is 49.9 Å². The Morgan fingerprint density at radius 3 is 3.06 bits per heavy atom. The molecular formula is C13H14ClN3O. The first-order chi connectivity index (χ1) is 8.78. The average molecular weight is 264 g/mol. The van der Waals surface area contributed by atoms with Crippen LogP contribution in [0.3, 0.4) is 0 Å². The summed E-state index contributed by atoms with van der Waals surface area (Å²) in [4.78, 5) is 7.95. The average Bonchev–Trinajstić information content (AvgIpc) is 2.82. The van der Waals surface area contributed by atoms with Gasteiger partial charge in [-0.25, -0.2) is 4.98 Å². The van der Waals surface area contributed by atoms with Crippen LogP contribution in [-0.4, -0.2) is 23.6 Å². The largest absolute Gasteiger partial charge is 0.497 e. The van der Waals surface area contributed by atoms with Gasteiger partial charge in [0, 0.05) is 25.1 Å². The molecule has 1 aromatic carbocycles. The van der Waals surface area contributed by atoms with Crippen molar-refractivity contribution in [2.45, 2.75) is 13.0 Å². The summed E-state index contributed by atoms with van der Waals surface area (Å²) < 4.78 is 5.22. The van der Waals surface area contributed by atoms with Crippen LogP contribution >= 0.6 is 11.6 Å². The lowest BCUT2D eigenvalue weighted by molar-refractivity contribution is 0.415. The summed E-state index contributed by atoms with van der Waals surface area (Å²) in [6, 6.07) is 5.58. The van der Waals surface area contributed by atoms with Crippen LogP contribution in [0.5, 0.6) is 5.75 Å². The van der Waals surface area contributed by atoms with Crippen molar-refractivity contribution in [1.29, 1.82) is 0 Å². The molecule has 0 atom stereocenters. The minimum Gasteiger partial charge on any atom is -0.497 e. The first-order valence-corrected chi connectivity index (χ1v) is 6.28. The fourth-order valence-electron chi connectivity index (χ4n) is 2.16. The molecule has 1 aliphatic rings. The third-order valence-corrected chi connectivity index (χ3v) is 3.46.